The molecule has 0 aliphatic carbocycles. The number of aliphatic hydroxyl groups excluding tert-OH is 1. The van der Waals surface area contributed by atoms with Crippen molar-refractivity contribution in [2.45, 2.75) is 32.9 Å². The Morgan fingerprint density at radius 2 is 1.79 bits per heavy atom. The topological polar surface area (TPSA) is 75.6 Å². The van der Waals surface area contributed by atoms with Gasteiger partial charge in [0.05, 0.1) is 13.2 Å². The van der Waals surface area contributed by atoms with Crippen molar-refractivity contribution in [1.29, 1.82) is 0 Å². The summed E-state index contributed by atoms with van der Waals surface area (Å²) in [5.41, 5.74) is 0. The Kier molecular flexibility index (Phi) is 5.15. The van der Waals surface area contributed by atoms with Gasteiger partial charge in [0.15, 0.2) is 5.78 Å². The van der Waals surface area contributed by atoms with Gasteiger partial charge in [0.25, 0.3) is 0 Å². The van der Waals surface area contributed by atoms with E-state index < -0.39 is 18.2 Å². The van der Waals surface area contributed by atoms with Crippen molar-refractivity contribution < 1.29 is 19.4 Å². The van der Waals surface area contributed by atoms with Gasteiger partial charge in [0, 0.05) is 5.92 Å². The number of hydrogen-bond acceptors (Lipinski definition) is 4. The van der Waals surface area contributed by atoms with E-state index in [0.717, 1.165) is 0 Å². The summed E-state index contributed by atoms with van der Waals surface area (Å²) in [5.74, 6) is -0.461. The van der Waals surface area contributed by atoms with Crippen LogP contribution in [0.1, 0.15) is 20.8 Å². The minimum atomic E-state index is -0.927. The zero-order chi connectivity index (χ0) is 11.3. The molecular weight excluding hydrogens is 186 g/mol. The maximum atomic E-state index is 11.5. The molecule has 0 aromatic heterocycles. The van der Waals surface area contributed by atoms with Gasteiger partial charge in [-0.25, -0.2) is 4.79 Å². The number of amides is 1. The van der Waals surface area contributed by atoms with Crippen LogP contribution in [0.2, 0.25) is 0 Å². The van der Waals surface area contributed by atoms with Gasteiger partial charge in [0.1, 0.15) is 6.04 Å². The summed E-state index contributed by atoms with van der Waals surface area (Å²) in [6.07, 6.45) is -1.64. The van der Waals surface area contributed by atoms with Crippen LogP contribution in [0.5, 0.6) is 0 Å². The first-order chi connectivity index (χ1) is 6.40. The molecule has 0 rings (SSSR count). The number of Topliss-reactive ketones (excluding diaryl/α,β-unsaturated/α-hetero) is 1. The molecule has 2 N–H and O–H groups in total. The molecule has 0 bridgehead atoms. The lowest BCUT2D eigenvalue weighted by atomic mass is 9.98. The summed E-state index contributed by atoms with van der Waals surface area (Å²) in [6.45, 7) is 4.86. The lowest BCUT2D eigenvalue weighted by Gasteiger charge is -2.21. The predicted octanol–water partition coefficient (Wildman–Crippen LogP) is 0.317. The highest BCUT2D eigenvalue weighted by molar-refractivity contribution is 5.89. The standard InChI is InChI=1S/C9H17NO4/c1-5(2)8(12)7(6(3)11)10-9(13)14-4/h5-7,11H,1-4H3,(H,10,13)/t6-,7-/m0/s1. The van der Waals surface area contributed by atoms with Crippen LogP contribution in [0, 0.1) is 5.92 Å². The maximum Gasteiger partial charge on any atom is 0.407 e. The zero-order valence-corrected chi connectivity index (χ0v) is 8.90. The van der Waals surface area contributed by atoms with Crippen molar-refractivity contribution in [3.63, 3.8) is 0 Å². The van der Waals surface area contributed by atoms with Crippen molar-refractivity contribution in [2.24, 2.45) is 5.92 Å². The van der Waals surface area contributed by atoms with E-state index in [0.29, 0.717) is 0 Å². The molecule has 14 heavy (non-hydrogen) atoms. The van der Waals surface area contributed by atoms with Gasteiger partial charge in [-0.05, 0) is 6.92 Å². The van der Waals surface area contributed by atoms with E-state index in [9.17, 15) is 14.7 Å². The molecule has 0 saturated heterocycles. The highest BCUT2D eigenvalue weighted by Gasteiger charge is 2.27. The Bertz CT molecular complexity index is 213. The predicted molar refractivity (Wildman–Crippen MR) is 50.9 cm³/mol. The van der Waals surface area contributed by atoms with Crippen molar-refractivity contribution in [3.05, 3.63) is 0 Å². The molecule has 0 aromatic rings. The number of nitrogens with one attached hydrogen (secondary N) is 1. The van der Waals surface area contributed by atoms with E-state index in [4.69, 9.17) is 0 Å². The highest BCUT2D eigenvalue weighted by atomic mass is 16.5. The fourth-order valence-electron chi connectivity index (χ4n) is 0.974. The van der Waals surface area contributed by atoms with E-state index >= 15 is 0 Å². The molecule has 0 radical (unpaired) electrons. The van der Waals surface area contributed by atoms with Crippen LogP contribution in [-0.2, 0) is 9.53 Å². The summed E-state index contributed by atoms with van der Waals surface area (Å²) < 4.78 is 4.35. The number of alkyl carbamates (subject to hydrolysis) is 1. The summed E-state index contributed by atoms with van der Waals surface area (Å²) in [4.78, 5) is 22.4. The number of aliphatic hydroxyl groups is 1. The second kappa shape index (κ2) is 5.59. The SMILES string of the molecule is COC(=O)N[C@H](C(=O)C(C)C)[C@H](C)O. The van der Waals surface area contributed by atoms with Gasteiger partial charge >= 0.3 is 6.09 Å². The number of rotatable bonds is 4. The first-order valence-corrected chi connectivity index (χ1v) is 4.46. The molecule has 82 valence electrons. The molecule has 0 spiro atoms. The second-order valence-corrected chi connectivity index (χ2v) is 3.41. The fraction of sp³-hybridized carbons (Fsp3) is 0.778. The number of ketones is 1. The van der Waals surface area contributed by atoms with Gasteiger partial charge in [-0.15, -0.1) is 0 Å². The third-order valence-corrected chi connectivity index (χ3v) is 1.82. The molecule has 2 atom stereocenters. The molecule has 0 aromatic carbocycles. The molecule has 0 unspecified atom stereocenters. The highest BCUT2D eigenvalue weighted by Crippen LogP contribution is 2.04. The van der Waals surface area contributed by atoms with Gasteiger partial charge in [-0.2, -0.15) is 0 Å². The molecule has 5 nitrogen and oxygen atoms in total. The average molecular weight is 203 g/mol. The number of ether oxygens (including phenoxy) is 1. The smallest absolute Gasteiger partial charge is 0.407 e. The van der Waals surface area contributed by atoms with E-state index in [1.807, 2.05) is 0 Å². The van der Waals surface area contributed by atoms with Crippen molar-refractivity contribution in [1.82, 2.24) is 5.32 Å². The van der Waals surface area contributed by atoms with Gasteiger partial charge in [-0.1, -0.05) is 13.8 Å². The molecule has 0 heterocycles. The van der Waals surface area contributed by atoms with Crippen LogP contribution >= 0.6 is 0 Å². The molecule has 0 fully saturated rings. The largest absolute Gasteiger partial charge is 0.453 e. The molecule has 1 amide bonds. The molecule has 5 heteroatoms. The van der Waals surface area contributed by atoms with Crippen LogP contribution < -0.4 is 5.32 Å². The molecular formula is C9H17NO4. The maximum absolute atomic E-state index is 11.5. The van der Waals surface area contributed by atoms with Crippen LogP contribution in [-0.4, -0.2) is 36.2 Å². The number of hydrogen-bond donors (Lipinski definition) is 2. The van der Waals surface area contributed by atoms with Crippen molar-refractivity contribution >= 4 is 11.9 Å². The summed E-state index contributed by atoms with van der Waals surface area (Å²) in [5, 5.41) is 11.6. The van der Waals surface area contributed by atoms with Crippen molar-refractivity contribution in [2.75, 3.05) is 7.11 Å². The second-order valence-electron chi connectivity index (χ2n) is 3.41. The Labute approximate surface area is 83.4 Å². The Morgan fingerprint density at radius 1 is 1.29 bits per heavy atom. The molecule has 0 aliphatic rings. The zero-order valence-electron chi connectivity index (χ0n) is 8.90. The number of carbonyl (C=O) groups is 2. The van der Waals surface area contributed by atoms with Gasteiger partial charge < -0.3 is 15.2 Å². The van der Waals surface area contributed by atoms with Crippen LogP contribution in [0.15, 0.2) is 0 Å². The van der Waals surface area contributed by atoms with Gasteiger partial charge in [-0.3, -0.25) is 4.79 Å². The van der Waals surface area contributed by atoms with Crippen LogP contribution in [0.4, 0.5) is 4.79 Å². The quantitative estimate of drug-likeness (QED) is 0.689. The fourth-order valence-corrected chi connectivity index (χ4v) is 0.974. The monoisotopic (exact) mass is 203 g/mol. The van der Waals surface area contributed by atoms with E-state index in [1.165, 1.54) is 14.0 Å². The van der Waals surface area contributed by atoms with Crippen LogP contribution in [0.25, 0.3) is 0 Å². The Balaban J connectivity index is 4.45. The van der Waals surface area contributed by atoms with E-state index in [2.05, 4.69) is 10.1 Å². The number of methoxy groups -OCH3 is 1. The minimum Gasteiger partial charge on any atom is -0.453 e. The summed E-state index contributed by atoms with van der Waals surface area (Å²) in [6, 6.07) is -0.901. The van der Waals surface area contributed by atoms with Crippen molar-refractivity contribution in [3.8, 4) is 0 Å². The average Bonchev–Trinajstić information content (AvgIpc) is 2.11. The lowest BCUT2D eigenvalue weighted by molar-refractivity contribution is -0.126. The Morgan fingerprint density at radius 3 is 2.07 bits per heavy atom. The normalized spacial score (nSPS) is 14.7. The van der Waals surface area contributed by atoms with Gasteiger partial charge in [0.2, 0.25) is 0 Å². The molecule has 0 aliphatic heterocycles. The summed E-state index contributed by atoms with van der Waals surface area (Å²) in [7, 11) is 1.20. The summed E-state index contributed by atoms with van der Waals surface area (Å²) >= 11 is 0. The molecule has 0 saturated carbocycles. The lowest BCUT2D eigenvalue weighted by Crippen LogP contribution is -2.49. The first-order valence-electron chi connectivity index (χ1n) is 4.46. The van der Waals surface area contributed by atoms with E-state index in [1.54, 1.807) is 13.8 Å². The Hall–Kier alpha value is -1.10. The third kappa shape index (κ3) is 3.74. The first kappa shape index (κ1) is 12.9. The van der Waals surface area contributed by atoms with E-state index in [-0.39, 0.29) is 11.7 Å². The van der Waals surface area contributed by atoms with Crippen LogP contribution in [0.3, 0.4) is 0 Å². The third-order valence-electron chi connectivity index (χ3n) is 1.82. The minimum absolute atomic E-state index is 0.217. The number of carbonyl (C=O) groups excluding carboxylic acids is 2.